The van der Waals surface area contributed by atoms with Gasteiger partial charge in [-0.25, -0.2) is 4.39 Å². The van der Waals surface area contributed by atoms with E-state index in [0.717, 1.165) is 29.6 Å². The lowest BCUT2D eigenvalue weighted by Crippen LogP contribution is -2.43. The molecule has 1 N–H and O–H groups in total. The van der Waals surface area contributed by atoms with Crippen LogP contribution in [0.15, 0.2) is 48.8 Å². The van der Waals surface area contributed by atoms with Crippen molar-refractivity contribution in [1.29, 1.82) is 0 Å². The van der Waals surface area contributed by atoms with E-state index in [1.165, 1.54) is 17.4 Å². The van der Waals surface area contributed by atoms with Crippen molar-refractivity contribution in [2.75, 3.05) is 18.0 Å². The monoisotopic (exact) mass is 385 g/mol. The van der Waals surface area contributed by atoms with Crippen LogP contribution < -0.4 is 10.2 Å². The zero-order valence-electron chi connectivity index (χ0n) is 14.7. The third-order valence-electron chi connectivity index (χ3n) is 4.70. The highest BCUT2D eigenvalue weighted by Crippen LogP contribution is 2.28. The predicted octanol–water partition coefficient (Wildman–Crippen LogP) is 3.00. The molecule has 1 fully saturated rings. The first-order valence-corrected chi connectivity index (χ1v) is 9.75. The van der Waals surface area contributed by atoms with Gasteiger partial charge in [0.25, 0.3) is 0 Å². The quantitative estimate of drug-likeness (QED) is 0.733. The summed E-state index contributed by atoms with van der Waals surface area (Å²) in [7, 11) is 0. The largest absolute Gasteiger partial charge is 0.352 e. The van der Waals surface area contributed by atoms with Gasteiger partial charge in [-0.2, -0.15) is 0 Å². The van der Waals surface area contributed by atoms with E-state index < -0.39 is 0 Å². The summed E-state index contributed by atoms with van der Waals surface area (Å²) in [5, 5.41) is 13.0. The van der Waals surface area contributed by atoms with Crippen molar-refractivity contribution in [2.24, 2.45) is 5.92 Å². The molecule has 0 unspecified atom stereocenters. The Bertz CT molecular complexity index is 910. The Morgan fingerprint density at radius 2 is 1.96 bits per heavy atom. The number of hydrogen-bond acceptors (Lipinski definition) is 5. The smallest absolute Gasteiger partial charge is 0.225 e. The van der Waals surface area contributed by atoms with Crippen LogP contribution in [0.5, 0.6) is 0 Å². The molecule has 27 heavy (non-hydrogen) atoms. The number of halogens is 1. The lowest BCUT2D eigenvalue weighted by atomic mass is 9.97. The van der Waals surface area contributed by atoms with E-state index in [9.17, 15) is 9.18 Å². The molecule has 0 spiro atoms. The van der Waals surface area contributed by atoms with Gasteiger partial charge in [-0.1, -0.05) is 29.5 Å². The van der Waals surface area contributed by atoms with Crippen molar-refractivity contribution in [1.82, 2.24) is 20.1 Å². The van der Waals surface area contributed by atoms with E-state index in [2.05, 4.69) is 20.4 Å². The summed E-state index contributed by atoms with van der Waals surface area (Å²) in [6.07, 6.45) is 5.60. The number of carbonyl (C=O) groups excluding carboxylic acids is 1. The number of benzene rings is 1. The highest BCUT2D eigenvalue weighted by Gasteiger charge is 2.27. The van der Waals surface area contributed by atoms with Crippen LogP contribution in [-0.4, -0.2) is 33.8 Å². The number of hydrogen-bond donors (Lipinski definition) is 1. The summed E-state index contributed by atoms with van der Waals surface area (Å²) in [6, 6.07) is 10.4. The molecule has 0 aliphatic carbocycles. The third-order valence-corrected chi connectivity index (χ3v) is 5.70. The van der Waals surface area contributed by atoms with Gasteiger partial charge in [0.1, 0.15) is 5.82 Å². The van der Waals surface area contributed by atoms with Gasteiger partial charge in [0.05, 0.1) is 5.92 Å². The Morgan fingerprint density at radius 1 is 1.19 bits per heavy atom. The van der Waals surface area contributed by atoms with Crippen molar-refractivity contribution in [2.45, 2.75) is 19.4 Å². The lowest BCUT2D eigenvalue weighted by Gasteiger charge is -2.31. The van der Waals surface area contributed by atoms with E-state index in [4.69, 9.17) is 0 Å². The molecule has 1 aliphatic heterocycles. The normalized spacial score (nSPS) is 17.1. The number of nitrogens with one attached hydrogen (secondary N) is 1. The molecule has 1 amide bonds. The Balaban J connectivity index is 1.38. The molecule has 8 heteroatoms. The molecule has 3 aromatic rings. The first-order valence-electron chi connectivity index (χ1n) is 8.93. The van der Waals surface area contributed by atoms with E-state index >= 15 is 0 Å². The third kappa shape index (κ3) is 4.00. The predicted molar refractivity (Wildman–Crippen MR) is 102 cm³/mol. The molecule has 140 valence electrons. The molecule has 0 radical (unpaired) electrons. The fourth-order valence-electron chi connectivity index (χ4n) is 3.24. The SMILES string of the molecule is O=C(NCc1ccccc1F)[C@@H]1CCCN(c2nnc(-n3cccc3)s2)C1. The van der Waals surface area contributed by atoms with Crippen LogP contribution in [0, 0.1) is 11.7 Å². The van der Waals surface area contributed by atoms with Gasteiger partial charge < -0.3 is 10.2 Å². The molecule has 6 nitrogen and oxygen atoms in total. The van der Waals surface area contributed by atoms with Gasteiger partial charge in [-0.05, 0) is 31.0 Å². The van der Waals surface area contributed by atoms with Gasteiger partial charge in [0.15, 0.2) is 0 Å². The number of anilines is 1. The van der Waals surface area contributed by atoms with Gasteiger partial charge in [-0.15, -0.1) is 10.2 Å². The van der Waals surface area contributed by atoms with Gasteiger partial charge in [0.2, 0.25) is 16.2 Å². The van der Waals surface area contributed by atoms with Gasteiger partial charge in [-0.3, -0.25) is 9.36 Å². The Kier molecular flexibility index (Phi) is 5.15. The zero-order valence-corrected chi connectivity index (χ0v) is 15.5. The van der Waals surface area contributed by atoms with E-state index in [1.807, 2.05) is 29.1 Å². The maximum absolute atomic E-state index is 13.7. The van der Waals surface area contributed by atoms with Crippen molar-refractivity contribution >= 4 is 22.4 Å². The summed E-state index contributed by atoms with van der Waals surface area (Å²) < 4.78 is 15.6. The minimum atomic E-state index is -0.297. The standard InChI is InChI=1S/C19H20FN5OS/c20-16-8-2-1-6-14(16)12-21-17(26)15-7-5-11-25(13-15)19-23-22-18(27-19)24-9-3-4-10-24/h1-4,6,8-10,15H,5,7,11-13H2,(H,21,26)/t15-/m1/s1. The molecule has 4 rings (SSSR count). The molecule has 0 saturated carbocycles. The minimum Gasteiger partial charge on any atom is -0.352 e. The molecule has 1 atom stereocenters. The highest BCUT2D eigenvalue weighted by molar-refractivity contribution is 7.17. The molecule has 2 aromatic heterocycles. The number of amides is 1. The fraction of sp³-hybridized carbons (Fsp3) is 0.316. The second-order valence-electron chi connectivity index (χ2n) is 6.55. The van der Waals surface area contributed by atoms with E-state index in [-0.39, 0.29) is 24.2 Å². The van der Waals surface area contributed by atoms with Gasteiger partial charge in [0, 0.05) is 37.6 Å². The molecule has 3 heterocycles. The topological polar surface area (TPSA) is 63.1 Å². The number of rotatable bonds is 5. The van der Waals surface area contributed by atoms with E-state index in [0.29, 0.717) is 12.1 Å². The molecule has 1 aliphatic rings. The number of aromatic nitrogens is 3. The summed E-state index contributed by atoms with van der Waals surface area (Å²) in [4.78, 5) is 14.7. The number of carbonyl (C=O) groups is 1. The zero-order chi connectivity index (χ0) is 18.6. The first-order chi connectivity index (χ1) is 13.2. The van der Waals surface area contributed by atoms with Crippen molar-refractivity contribution in [3.63, 3.8) is 0 Å². The Morgan fingerprint density at radius 3 is 2.78 bits per heavy atom. The number of piperidine rings is 1. The summed E-state index contributed by atoms with van der Waals surface area (Å²) >= 11 is 1.51. The maximum Gasteiger partial charge on any atom is 0.225 e. The maximum atomic E-state index is 13.7. The molecular weight excluding hydrogens is 365 g/mol. The second kappa shape index (κ2) is 7.87. The summed E-state index contributed by atoms with van der Waals surface area (Å²) in [5.74, 6) is -0.475. The first kappa shape index (κ1) is 17.7. The average molecular weight is 385 g/mol. The van der Waals surface area contributed by atoms with Crippen LogP contribution in [0.2, 0.25) is 0 Å². The second-order valence-corrected chi connectivity index (χ2v) is 7.49. The Hall–Kier alpha value is -2.74. The van der Waals surface area contributed by atoms with Crippen LogP contribution in [0.4, 0.5) is 9.52 Å². The van der Waals surface area contributed by atoms with Crippen LogP contribution >= 0.6 is 11.3 Å². The molecular formula is C19H20FN5OS. The minimum absolute atomic E-state index is 0.0434. The lowest BCUT2D eigenvalue weighted by molar-refractivity contribution is -0.125. The van der Waals surface area contributed by atoms with Crippen LogP contribution in [0.25, 0.3) is 5.13 Å². The summed E-state index contributed by atoms with van der Waals surface area (Å²) in [5.41, 5.74) is 0.499. The van der Waals surface area contributed by atoms with Crippen molar-refractivity contribution < 1.29 is 9.18 Å². The molecule has 1 saturated heterocycles. The van der Waals surface area contributed by atoms with Crippen LogP contribution in [0.1, 0.15) is 18.4 Å². The summed E-state index contributed by atoms with van der Waals surface area (Å²) in [6.45, 7) is 1.67. The van der Waals surface area contributed by atoms with Crippen LogP contribution in [-0.2, 0) is 11.3 Å². The molecule has 1 aromatic carbocycles. The van der Waals surface area contributed by atoms with Crippen molar-refractivity contribution in [3.05, 3.63) is 60.2 Å². The van der Waals surface area contributed by atoms with Crippen molar-refractivity contribution in [3.8, 4) is 5.13 Å². The number of nitrogens with zero attached hydrogens (tertiary/aromatic N) is 4. The highest BCUT2D eigenvalue weighted by atomic mass is 32.1. The Labute approximate surface area is 160 Å². The van der Waals surface area contributed by atoms with E-state index in [1.54, 1.807) is 18.2 Å². The van der Waals surface area contributed by atoms with Gasteiger partial charge >= 0.3 is 0 Å². The average Bonchev–Trinajstić information content (AvgIpc) is 3.39. The van der Waals surface area contributed by atoms with Crippen LogP contribution in [0.3, 0.4) is 0 Å². The molecule has 0 bridgehead atoms. The fourth-order valence-corrected chi connectivity index (χ4v) is 4.08.